The monoisotopic (exact) mass is 307 g/mol. The van der Waals surface area contributed by atoms with E-state index in [1.165, 1.54) is 0 Å². The largest absolute Gasteiger partial charge is 0.262 e. The number of rotatable bonds is 3. The maximum Gasteiger partial charge on any atom is 0.139 e. The number of nitrogens with zero attached hydrogens (tertiary/aromatic N) is 4. The summed E-state index contributed by atoms with van der Waals surface area (Å²) >= 11 is 0. The molecule has 0 atom stereocenters. The Labute approximate surface area is 127 Å². The van der Waals surface area contributed by atoms with Gasteiger partial charge in [0, 0.05) is 35.4 Å². The van der Waals surface area contributed by atoms with Crippen molar-refractivity contribution in [3.05, 3.63) is 73.2 Å². The third kappa shape index (κ3) is 3.01. The minimum Gasteiger partial charge on any atom is -0.262 e. The summed E-state index contributed by atoms with van der Waals surface area (Å²) < 4.78 is 0. The van der Waals surface area contributed by atoms with Gasteiger partial charge in [-0.15, -0.1) is 0 Å². The van der Waals surface area contributed by atoms with Crippen molar-refractivity contribution in [2.75, 3.05) is 4.90 Å². The molecular weight excluding hydrogens is 295 g/mol. The van der Waals surface area contributed by atoms with Crippen LogP contribution in [-0.4, -0.2) is 15.0 Å². The molecule has 3 aromatic heterocycles. The Balaban J connectivity index is 0.00000147. The maximum atomic E-state index is 4.38. The topological polar surface area (TPSA) is 41.9 Å². The Kier molecular flexibility index (Phi) is 4.81. The van der Waals surface area contributed by atoms with E-state index >= 15 is 0 Å². The fourth-order valence-corrected chi connectivity index (χ4v) is 1.81. The van der Waals surface area contributed by atoms with E-state index in [0.29, 0.717) is 0 Å². The number of anilines is 3. The molecule has 0 amide bonds. The summed E-state index contributed by atoms with van der Waals surface area (Å²) in [5.74, 6) is 2.37. The van der Waals surface area contributed by atoms with Crippen molar-refractivity contribution in [1.82, 2.24) is 15.0 Å². The molecule has 0 aliphatic heterocycles. The summed E-state index contributed by atoms with van der Waals surface area (Å²) in [7, 11) is 0. The molecule has 0 spiro atoms. The van der Waals surface area contributed by atoms with E-state index in [1.807, 2.05) is 59.5 Å². The molecule has 1 radical (unpaired) electrons. The minimum absolute atomic E-state index is 0. The van der Waals surface area contributed by atoms with Gasteiger partial charge < -0.3 is 0 Å². The van der Waals surface area contributed by atoms with Crippen LogP contribution >= 0.6 is 0 Å². The second kappa shape index (κ2) is 6.79. The molecule has 0 fully saturated rings. The second-order valence-electron chi connectivity index (χ2n) is 3.90. The molecule has 0 unspecified atom stereocenters. The molecule has 5 heteroatoms. The predicted molar refractivity (Wildman–Crippen MR) is 74.5 cm³/mol. The molecule has 3 rings (SSSR count). The van der Waals surface area contributed by atoms with E-state index in [2.05, 4.69) is 15.0 Å². The van der Waals surface area contributed by atoms with Gasteiger partial charge in [-0.05, 0) is 36.4 Å². The Bertz CT molecular complexity index is 538. The van der Waals surface area contributed by atoms with Gasteiger partial charge in [-0.1, -0.05) is 18.2 Å². The van der Waals surface area contributed by atoms with Gasteiger partial charge in [0.2, 0.25) is 0 Å². The van der Waals surface area contributed by atoms with Gasteiger partial charge in [0.1, 0.15) is 17.5 Å². The predicted octanol–water partition coefficient (Wildman–Crippen LogP) is 3.34. The van der Waals surface area contributed by atoms with Crippen molar-refractivity contribution in [2.45, 2.75) is 0 Å². The Hall–Kier alpha value is -2.24. The summed E-state index contributed by atoms with van der Waals surface area (Å²) in [6, 6.07) is 17.3. The number of hydrogen-bond acceptors (Lipinski definition) is 4. The Morgan fingerprint density at radius 3 is 1.15 bits per heavy atom. The fourth-order valence-electron chi connectivity index (χ4n) is 1.81. The standard InChI is InChI=1S/C15H12N4.Co/c1-4-10-16-13(7-1)19(14-8-2-5-11-17-14)15-9-3-6-12-18-15;/h1-12H;. The van der Waals surface area contributed by atoms with Crippen LogP contribution in [0, 0.1) is 0 Å². The molecule has 0 aliphatic rings. The molecule has 101 valence electrons. The van der Waals surface area contributed by atoms with Gasteiger partial charge in [-0.3, -0.25) is 4.90 Å². The van der Waals surface area contributed by atoms with Crippen molar-refractivity contribution in [1.29, 1.82) is 0 Å². The molecule has 0 saturated heterocycles. The first-order chi connectivity index (χ1) is 9.45. The van der Waals surface area contributed by atoms with Gasteiger partial charge in [-0.2, -0.15) is 0 Å². The zero-order valence-electron chi connectivity index (χ0n) is 10.6. The number of aromatic nitrogens is 3. The summed E-state index contributed by atoms with van der Waals surface area (Å²) in [5.41, 5.74) is 0. The average Bonchev–Trinajstić information content (AvgIpc) is 2.51. The molecule has 0 aromatic carbocycles. The van der Waals surface area contributed by atoms with Gasteiger partial charge in [0.05, 0.1) is 0 Å². The van der Waals surface area contributed by atoms with Crippen LogP contribution in [0.4, 0.5) is 17.5 Å². The van der Waals surface area contributed by atoms with Crippen molar-refractivity contribution in [2.24, 2.45) is 0 Å². The van der Waals surface area contributed by atoms with Crippen LogP contribution in [-0.2, 0) is 16.8 Å². The molecule has 0 aliphatic carbocycles. The molecule has 3 heterocycles. The summed E-state index contributed by atoms with van der Waals surface area (Å²) in [6.45, 7) is 0. The van der Waals surface area contributed by atoms with E-state index < -0.39 is 0 Å². The molecule has 0 N–H and O–H groups in total. The molecule has 0 bridgehead atoms. The Morgan fingerprint density at radius 2 is 0.900 bits per heavy atom. The van der Waals surface area contributed by atoms with E-state index in [4.69, 9.17) is 0 Å². The van der Waals surface area contributed by atoms with E-state index in [-0.39, 0.29) is 16.8 Å². The van der Waals surface area contributed by atoms with Gasteiger partial charge in [0.15, 0.2) is 0 Å². The van der Waals surface area contributed by atoms with E-state index in [1.54, 1.807) is 18.6 Å². The van der Waals surface area contributed by atoms with Crippen molar-refractivity contribution >= 4 is 17.5 Å². The third-order valence-corrected chi connectivity index (χ3v) is 2.64. The van der Waals surface area contributed by atoms with Crippen molar-refractivity contribution in [3.63, 3.8) is 0 Å². The number of hydrogen-bond donors (Lipinski definition) is 0. The Morgan fingerprint density at radius 1 is 0.550 bits per heavy atom. The fraction of sp³-hybridized carbons (Fsp3) is 0. The van der Waals surface area contributed by atoms with Crippen LogP contribution < -0.4 is 4.90 Å². The zero-order valence-corrected chi connectivity index (χ0v) is 11.6. The van der Waals surface area contributed by atoms with Crippen molar-refractivity contribution < 1.29 is 16.8 Å². The summed E-state index contributed by atoms with van der Waals surface area (Å²) in [5, 5.41) is 0. The number of pyridine rings is 3. The van der Waals surface area contributed by atoms with Gasteiger partial charge >= 0.3 is 0 Å². The van der Waals surface area contributed by atoms with Crippen LogP contribution in [0.3, 0.4) is 0 Å². The summed E-state index contributed by atoms with van der Waals surface area (Å²) in [6.07, 6.45) is 5.27. The van der Waals surface area contributed by atoms with Crippen LogP contribution in [0.5, 0.6) is 0 Å². The molecule has 20 heavy (non-hydrogen) atoms. The van der Waals surface area contributed by atoms with Crippen LogP contribution in [0.15, 0.2) is 73.2 Å². The van der Waals surface area contributed by atoms with Crippen LogP contribution in [0.25, 0.3) is 0 Å². The van der Waals surface area contributed by atoms with Gasteiger partial charge in [-0.25, -0.2) is 15.0 Å². The average molecular weight is 307 g/mol. The minimum atomic E-state index is 0. The molecule has 0 saturated carbocycles. The second-order valence-corrected chi connectivity index (χ2v) is 3.90. The van der Waals surface area contributed by atoms with E-state index in [0.717, 1.165) is 17.5 Å². The van der Waals surface area contributed by atoms with Crippen LogP contribution in [0.1, 0.15) is 0 Å². The normalized spacial score (nSPS) is 9.60. The van der Waals surface area contributed by atoms with E-state index in [9.17, 15) is 0 Å². The molecule has 3 aromatic rings. The first-order valence-corrected chi connectivity index (χ1v) is 5.98. The van der Waals surface area contributed by atoms with Gasteiger partial charge in [0.25, 0.3) is 0 Å². The van der Waals surface area contributed by atoms with Crippen LogP contribution in [0.2, 0.25) is 0 Å². The third-order valence-electron chi connectivity index (χ3n) is 2.64. The first-order valence-electron chi connectivity index (χ1n) is 5.98. The molecule has 4 nitrogen and oxygen atoms in total. The SMILES string of the molecule is [Co].c1ccc(N(c2ccccn2)c2ccccn2)nc1. The summed E-state index contributed by atoms with van der Waals surface area (Å²) in [4.78, 5) is 15.0. The smallest absolute Gasteiger partial charge is 0.139 e. The zero-order chi connectivity index (χ0) is 12.9. The maximum absolute atomic E-state index is 4.38. The quantitative estimate of drug-likeness (QED) is 0.744. The molecular formula is C15H12CoN4. The first kappa shape index (κ1) is 14.2. The van der Waals surface area contributed by atoms with Crippen molar-refractivity contribution in [3.8, 4) is 0 Å².